The van der Waals surface area contributed by atoms with E-state index in [1.54, 1.807) is 6.92 Å². The minimum absolute atomic E-state index is 0.00231. The first-order valence-corrected chi connectivity index (χ1v) is 3.56. The fourth-order valence-electron chi connectivity index (χ4n) is 0.967. The summed E-state index contributed by atoms with van der Waals surface area (Å²) in [7, 11) is 0. The van der Waals surface area contributed by atoms with Crippen molar-refractivity contribution in [3.05, 3.63) is 23.3 Å². The van der Waals surface area contributed by atoms with Crippen molar-refractivity contribution in [2.45, 2.75) is 13.8 Å². The number of hydrogen-bond donors (Lipinski definition) is 2. The fraction of sp³-hybridized carbons (Fsp3) is 0.222. The second kappa shape index (κ2) is 2.85. The third-order valence-corrected chi connectivity index (χ3v) is 1.69. The molecule has 1 aromatic carbocycles. The molecule has 0 saturated heterocycles. The van der Waals surface area contributed by atoms with Crippen LogP contribution >= 0.6 is 0 Å². The normalized spacial score (nSPS) is 9.83. The largest absolute Gasteiger partial charge is 0.508 e. The summed E-state index contributed by atoms with van der Waals surface area (Å²) in [5.41, 5.74) is 0.823. The van der Waals surface area contributed by atoms with Gasteiger partial charge in [-0.2, -0.15) is 0 Å². The summed E-state index contributed by atoms with van der Waals surface area (Å²) in [4.78, 5) is 10.9. The van der Waals surface area contributed by atoms with E-state index in [9.17, 15) is 9.90 Å². The van der Waals surface area contributed by atoms with Crippen molar-refractivity contribution in [1.29, 1.82) is 0 Å². The highest BCUT2D eigenvalue weighted by Crippen LogP contribution is 2.26. The van der Waals surface area contributed by atoms with Crippen molar-refractivity contribution >= 4 is 5.78 Å². The Morgan fingerprint density at radius 1 is 1.25 bits per heavy atom. The van der Waals surface area contributed by atoms with Crippen LogP contribution in [0.15, 0.2) is 12.1 Å². The van der Waals surface area contributed by atoms with Gasteiger partial charge in [-0.05, 0) is 25.5 Å². The van der Waals surface area contributed by atoms with Crippen LogP contribution in [-0.4, -0.2) is 16.0 Å². The van der Waals surface area contributed by atoms with Crippen molar-refractivity contribution in [3.8, 4) is 11.5 Å². The molecule has 0 atom stereocenters. The molecule has 0 aliphatic carbocycles. The number of rotatable bonds is 1. The Bertz CT molecular complexity index is 329. The van der Waals surface area contributed by atoms with E-state index in [0.717, 1.165) is 0 Å². The van der Waals surface area contributed by atoms with Crippen LogP contribution in [0.25, 0.3) is 0 Å². The number of aromatic hydroxyl groups is 2. The van der Waals surface area contributed by atoms with Crippen LogP contribution in [0.5, 0.6) is 11.5 Å². The molecular weight excluding hydrogens is 156 g/mol. The number of carbonyl (C=O) groups excluding carboxylic acids is 1. The van der Waals surface area contributed by atoms with Crippen molar-refractivity contribution in [2.24, 2.45) is 0 Å². The quantitative estimate of drug-likeness (QED) is 0.623. The summed E-state index contributed by atoms with van der Waals surface area (Å²) in [5.74, 6) is -0.390. The fourth-order valence-corrected chi connectivity index (χ4v) is 0.967. The van der Waals surface area contributed by atoms with Crippen LogP contribution in [0.1, 0.15) is 22.8 Å². The van der Waals surface area contributed by atoms with E-state index < -0.39 is 0 Å². The van der Waals surface area contributed by atoms with Gasteiger partial charge in [-0.3, -0.25) is 4.79 Å². The van der Waals surface area contributed by atoms with Crippen molar-refractivity contribution in [1.82, 2.24) is 0 Å². The monoisotopic (exact) mass is 166 g/mol. The number of aryl methyl sites for hydroxylation is 1. The average molecular weight is 166 g/mol. The second-order valence-electron chi connectivity index (χ2n) is 2.71. The van der Waals surface area contributed by atoms with Gasteiger partial charge in [0, 0.05) is 6.07 Å². The van der Waals surface area contributed by atoms with E-state index in [-0.39, 0.29) is 22.8 Å². The number of benzene rings is 1. The lowest BCUT2D eigenvalue weighted by atomic mass is 10.1. The number of phenols is 2. The van der Waals surface area contributed by atoms with E-state index in [4.69, 9.17) is 5.11 Å². The zero-order chi connectivity index (χ0) is 9.30. The molecule has 64 valence electrons. The molecule has 2 N–H and O–H groups in total. The molecule has 0 unspecified atom stereocenters. The van der Waals surface area contributed by atoms with Gasteiger partial charge in [-0.15, -0.1) is 0 Å². The Kier molecular flexibility index (Phi) is 2.04. The summed E-state index contributed by atoms with van der Waals surface area (Å²) in [6, 6.07) is 2.64. The van der Waals surface area contributed by atoms with Crippen LogP contribution in [-0.2, 0) is 0 Å². The Balaban J connectivity index is 3.33. The van der Waals surface area contributed by atoms with Gasteiger partial charge < -0.3 is 10.2 Å². The Morgan fingerprint density at radius 3 is 2.33 bits per heavy atom. The third kappa shape index (κ3) is 1.39. The molecule has 1 rings (SSSR count). The van der Waals surface area contributed by atoms with Crippen LogP contribution in [0.3, 0.4) is 0 Å². The number of Topliss-reactive ketones (excluding diaryl/α,β-unsaturated/α-hetero) is 1. The number of ketones is 1. The molecule has 0 amide bonds. The van der Waals surface area contributed by atoms with Gasteiger partial charge >= 0.3 is 0 Å². The molecule has 0 aromatic heterocycles. The van der Waals surface area contributed by atoms with Gasteiger partial charge in [0.15, 0.2) is 5.78 Å². The van der Waals surface area contributed by atoms with Crippen molar-refractivity contribution in [2.75, 3.05) is 0 Å². The summed E-state index contributed by atoms with van der Waals surface area (Å²) in [6.07, 6.45) is 0. The maximum Gasteiger partial charge on any atom is 0.163 e. The SMILES string of the molecule is CC(=O)c1cc(C)c(O)cc1O. The molecule has 0 radical (unpaired) electrons. The van der Waals surface area contributed by atoms with Crippen molar-refractivity contribution in [3.63, 3.8) is 0 Å². The van der Waals surface area contributed by atoms with Crippen molar-refractivity contribution < 1.29 is 15.0 Å². The van der Waals surface area contributed by atoms with Crippen LogP contribution in [0.4, 0.5) is 0 Å². The first kappa shape index (κ1) is 8.59. The molecule has 0 aliphatic rings. The summed E-state index contributed by atoms with van der Waals surface area (Å²) >= 11 is 0. The first-order valence-electron chi connectivity index (χ1n) is 3.56. The average Bonchev–Trinajstić information content (AvgIpc) is 1.96. The topological polar surface area (TPSA) is 57.5 Å². The van der Waals surface area contributed by atoms with Crippen LogP contribution in [0.2, 0.25) is 0 Å². The number of phenolic OH excluding ortho intramolecular Hbond substituents is 2. The Labute approximate surface area is 70.3 Å². The molecule has 3 heteroatoms. The van der Waals surface area contributed by atoms with Gasteiger partial charge in [0.1, 0.15) is 11.5 Å². The van der Waals surface area contributed by atoms with Gasteiger partial charge in [0.25, 0.3) is 0 Å². The second-order valence-corrected chi connectivity index (χ2v) is 2.71. The first-order chi connectivity index (χ1) is 5.52. The van der Waals surface area contributed by atoms with Crippen LogP contribution < -0.4 is 0 Å². The molecular formula is C9H10O3. The molecule has 0 saturated carbocycles. The van der Waals surface area contributed by atoms with Gasteiger partial charge in [-0.25, -0.2) is 0 Å². The highest BCUT2D eigenvalue weighted by atomic mass is 16.3. The molecule has 12 heavy (non-hydrogen) atoms. The molecule has 0 bridgehead atoms. The smallest absolute Gasteiger partial charge is 0.163 e. The van der Waals surface area contributed by atoms with Gasteiger partial charge in [0.05, 0.1) is 5.56 Å². The lowest BCUT2D eigenvalue weighted by molar-refractivity contribution is 0.101. The molecule has 3 nitrogen and oxygen atoms in total. The Morgan fingerprint density at radius 2 is 1.83 bits per heavy atom. The maximum atomic E-state index is 10.9. The summed E-state index contributed by atoms with van der Waals surface area (Å²) in [5, 5.41) is 18.3. The molecule has 0 aliphatic heterocycles. The van der Waals surface area contributed by atoms with E-state index >= 15 is 0 Å². The summed E-state index contributed by atoms with van der Waals surface area (Å²) < 4.78 is 0. The molecule has 0 fully saturated rings. The van der Waals surface area contributed by atoms with Gasteiger partial charge in [0.2, 0.25) is 0 Å². The highest BCUT2D eigenvalue weighted by molar-refractivity contribution is 5.97. The van der Waals surface area contributed by atoms with Gasteiger partial charge in [-0.1, -0.05) is 0 Å². The predicted octanol–water partition coefficient (Wildman–Crippen LogP) is 1.61. The predicted molar refractivity (Wildman–Crippen MR) is 44.5 cm³/mol. The molecule has 0 heterocycles. The minimum Gasteiger partial charge on any atom is -0.508 e. The summed E-state index contributed by atoms with van der Waals surface area (Å²) in [6.45, 7) is 3.03. The lowest BCUT2D eigenvalue weighted by Crippen LogP contribution is -1.93. The Hall–Kier alpha value is -1.51. The van der Waals surface area contributed by atoms with E-state index in [1.807, 2.05) is 0 Å². The molecule has 0 spiro atoms. The zero-order valence-electron chi connectivity index (χ0n) is 6.96. The minimum atomic E-state index is -0.212. The van der Waals surface area contributed by atoms with E-state index in [2.05, 4.69) is 0 Å². The number of hydrogen-bond acceptors (Lipinski definition) is 3. The van der Waals surface area contributed by atoms with E-state index in [0.29, 0.717) is 5.56 Å². The standard InChI is InChI=1S/C9H10O3/c1-5-3-7(6(2)10)9(12)4-8(5)11/h3-4,11-12H,1-2H3. The van der Waals surface area contributed by atoms with E-state index in [1.165, 1.54) is 19.1 Å². The lowest BCUT2D eigenvalue weighted by Gasteiger charge is -2.03. The third-order valence-electron chi connectivity index (χ3n) is 1.69. The zero-order valence-corrected chi connectivity index (χ0v) is 6.96. The maximum absolute atomic E-state index is 10.9. The highest BCUT2D eigenvalue weighted by Gasteiger charge is 2.08. The number of carbonyl (C=O) groups is 1. The van der Waals surface area contributed by atoms with Crippen LogP contribution in [0, 0.1) is 6.92 Å². The molecule has 1 aromatic rings.